The Balaban J connectivity index is 2.92. The number of para-hydroxylation sites is 1. The number of aliphatic carboxylic acids is 1. The molecular weight excluding hydrogens is 218 g/mol. The van der Waals surface area contributed by atoms with Gasteiger partial charge in [-0.15, -0.1) is 6.42 Å². The van der Waals surface area contributed by atoms with Gasteiger partial charge in [0.1, 0.15) is 5.75 Å². The zero-order valence-electron chi connectivity index (χ0n) is 9.63. The summed E-state index contributed by atoms with van der Waals surface area (Å²) in [5.74, 6) is 1.63. The summed E-state index contributed by atoms with van der Waals surface area (Å²) in [4.78, 5) is 12.3. The smallest absolute Gasteiger partial charge is 0.317 e. The van der Waals surface area contributed by atoms with Crippen LogP contribution in [0.2, 0.25) is 0 Å². The molecule has 4 nitrogen and oxygen atoms in total. The van der Waals surface area contributed by atoms with Crippen LogP contribution in [0, 0.1) is 12.3 Å². The fourth-order valence-electron chi connectivity index (χ4n) is 1.66. The third-order valence-corrected chi connectivity index (χ3v) is 2.57. The molecule has 0 saturated carbocycles. The zero-order chi connectivity index (χ0) is 12.8. The van der Waals surface area contributed by atoms with E-state index in [0.29, 0.717) is 5.56 Å². The number of rotatable bonds is 5. The third-order valence-electron chi connectivity index (χ3n) is 2.57. The minimum atomic E-state index is -0.942. The summed E-state index contributed by atoms with van der Waals surface area (Å²) in [6.45, 7) is 1.89. The Hall–Kier alpha value is -1.99. The Morgan fingerprint density at radius 3 is 2.71 bits per heavy atom. The fourth-order valence-corrected chi connectivity index (χ4v) is 1.66. The summed E-state index contributed by atoms with van der Waals surface area (Å²) in [5.41, 5.74) is 0.670. The number of carboxylic acids is 1. The van der Waals surface area contributed by atoms with Crippen molar-refractivity contribution in [3.05, 3.63) is 29.8 Å². The summed E-state index contributed by atoms with van der Waals surface area (Å²) in [5, 5.41) is 18.5. The average molecular weight is 233 g/mol. The largest absolute Gasteiger partial charge is 0.508 e. The number of phenolic OH excluding ortho intramolecular Hbond substituents is 1. The van der Waals surface area contributed by atoms with Crippen LogP contribution in [0.3, 0.4) is 0 Å². The van der Waals surface area contributed by atoms with Crippen molar-refractivity contribution in [2.45, 2.75) is 13.0 Å². The van der Waals surface area contributed by atoms with Gasteiger partial charge in [0.2, 0.25) is 0 Å². The summed E-state index contributed by atoms with van der Waals surface area (Å²) in [6, 6.07) is 6.59. The number of carboxylic acid groups (broad SMARTS) is 1. The number of nitrogens with zero attached hydrogens (tertiary/aromatic N) is 1. The van der Waals surface area contributed by atoms with Gasteiger partial charge in [-0.1, -0.05) is 24.1 Å². The third kappa shape index (κ3) is 3.51. The van der Waals surface area contributed by atoms with Crippen LogP contribution >= 0.6 is 0 Å². The molecule has 0 aliphatic rings. The molecule has 0 fully saturated rings. The molecule has 0 aliphatic carbocycles. The Labute approximate surface area is 100 Å². The lowest BCUT2D eigenvalue weighted by Crippen LogP contribution is -2.32. The van der Waals surface area contributed by atoms with Crippen molar-refractivity contribution in [1.29, 1.82) is 0 Å². The summed E-state index contributed by atoms with van der Waals surface area (Å²) in [7, 11) is 0. The minimum absolute atomic E-state index is 0.146. The van der Waals surface area contributed by atoms with Crippen molar-refractivity contribution < 1.29 is 15.0 Å². The average Bonchev–Trinajstić information content (AvgIpc) is 2.28. The van der Waals surface area contributed by atoms with Crippen LogP contribution in [0.15, 0.2) is 24.3 Å². The normalized spacial score (nSPS) is 12.1. The van der Waals surface area contributed by atoms with E-state index in [9.17, 15) is 9.90 Å². The predicted octanol–water partition coefficient (Wildman–Crippen LogP) is 1.47. The van der Waals surface area contributed by atoms with Crippen molar-refractivity contribution in [3.8, 4) is 18.1 Å². The van der Waals surface area contributed by atoms with Crippen LogP contribution in [0.25, 0.3) is 0 Å². The van der Waals surface area contributed by atoms with Crippen LogP contribution in [-0.2, 0) is 4.79 Å². The summed E-state index contributed by atoms with van der Waals surface area (Å²) < 4.78 is 0. The van der Waals surface area contributed by atoms with E-state index >= 15 is 0 Å². The molecule has 1 unspecified atom stereocenters. The molecule has 0 bridgehead atoms. The molecule has 2 N–H and O–H groups in total. The molecule has 0 aromatic heterocycles. The molecule has 0 heterocycles. The van der Waals surface area contributed by atoms with Crippen molar-refractivity contribution in [2.24, 2.45) is 0 Å². The van der Waals surface area contributed by atoms with E-state index in [-0.39, 0.29) is 24.9 Å². The lowest BCUT2D eigenvalue weighted by molar-refractivity contribution is -0.138. The lowest BCUT2D eigenvalue weighted by atomic mass is 10.1. The molecule has 0 spiro atoms. The van der Waals surface area contributed by atoms with Crippen LogP contribution in [0.4, 0.5) is 0 Å². The first-order valence-corrected chi connectivity index (χ1v) is 5.23. The first kappa shape index (κ1) is 13.1. The van der Waals surface area contributed by atoms with Gasteiger partial charge < -0.3 is 10.2 Å². The van der Waals surface area contributed by atoms with Gasteiger partial charge >= 0.3 is 5.97 Å². The molecule has 90 valence electrons. The quantitative estimate of drug-likeness (QED) is 0.756. The topological polar surface area (TPSA) is 60.8 Å². The van der Waals surface area contributed by atoms with Crippen molar-refractivity contribution in [3.63, 3.8) is 0 Å². The van der Waals surface area contributed by atoms with E-state index in [0.717, 1.165) is 0 Å². The second-order valence-electron chi connectivity index (χ2n) is 3.74. The highest BCUT2D eigenvalue weighted by molar-refractivity contribution is 5.69. The van der Waals surface area contributed by atoms with E-state index in [1.165, 1.54) is 0 Å². The minimum Gasteiger partial charge on any atom is -0.508 e. The molecule has 17 heavy (non-hydrogen) atoms. The lowest BCUT2D eigenvalue weighted by Gasteiger charge is -2.26. The van der Waals surface area contributed by atoms with E-state index in [1.54, 1.807) is 29.2 Å². The second-order valence-corrected chi connectivity index (χ2v) is 3.74. The number of carbonyl (C=O) groups is 1. The number of hydrogen-bond donors (Lipinski definition) is 2. The number of aromatic hydroxyl groups is 1. The maximum absolute atomic E-state index is 10.7. The molecule has 1 rings (SSSR count). The summed E-state index contributed by atoms with van der Waals surface area (Å²) >= 11 is 0. The van der Waals surface area contributed by atoms with Crippen LogP contribution in [0.5, 0.6) is 5.75 Å². The monoisotopic (exact) mass is 233 g/mol. The second kappa shape index (κ2) is 5.92. The Bertz CT molecular complexity index is 437. The van der Waals surface area contributed by atoms with Gasteiger partial charge in [0.05, 0.1) is 13.1 Å². The molecule has 1 atom stereocenters. The molecule has 0 amide bonds. The van der Waals surface area contributed by atoms with Gasteiger partial charge in [-0.05, 0) is 13.0 Å². The van der Waals surface area contributed by atoms with Gasteiger partial charge in [-0.2, -0.15) is 0 Å². The number of terminal acetylenes is 1. The predicted molar refractivity (Wildman–Crippen MR) is 64.6 cm³/mol. The van der Waals surface area contributed by atoms with Gasteiger partial charge in [0.25, 0.3) is 0 Å². The van der Waals surface area contributed by atoms with Crippen LogP contribution < -0.4 is 0 Å². The van der Waals surface area contributed by atoms with Gasteiger partial charge in [0.15, 0.2) is 0 Å². The number of hydrogen-bond acceptors (Lipinski definition) is 3. The Morgan fingerprint density at radius 2 is 2.18 bits per heavy atom. The van der Waals surface area contributed by atoms with E-state index < -0.39 is 5.97 Å². The Morgan fingerprint density at radius 1 is 1.53 bits per heavy atom. The van der Waals surface area contributed by atoms with E-state index in [1.807, 2.05) is 6.92 Å². The number of benzene rings is 1. The Kier molecular flexibility index (Phi) is 4.56. The molecule has 4 heteroatoms. The van der Waals surface area contributed by atoms with Gasteiger partial charge in [-0.3, -0.25) is 9.69 Å². The number of phenols is 1. The fraction of sp³-hybridized carbons (Fsp3) is 0.308. The molecule has 0 aliphatic heterocycles. The SMILES string of the molecule is C#CCN(CC(=O)O)C(C)c1ccccc1O. The molecule has 1 aromatic rings. The van der Waals surface area contributed by atoms with Crippen LogP contribution in [-0.4, -0.2) is 34.2 Å². The van der Waals surface area contributed by atoms with Gasteiger partial charge in [0, 0.05) is 11.6 Å². The van der Waals surface area contributed by atoms with Crippen LogP contribution in [0.1, 0.15) is 18.5 Å². The summed E-state index contributed by atoms with van der Waals surface area (Å²) in [6.07, 6.45) is 5.21. The highest BCUT2D eigenvalue weighted by atomic mass is 16.4. The molecule has 0 saturated heterocycles. The first-order chi connectivity index (χ1) is 8.06. The van der Waals surface area contributed by atoms with E-state index in [2.05, 4.69) is 5.92 Å². The molecule has 1 aromatic carbocycles. The first-order valence-electron chi connectivity index (χ1n) is 5.23. The molecular formula is C13H15NO3. The standard InChI is InChI=1S/C13H15NO3/c1-3-8-14(9-13(16)17)10(2)11-6-4-5-7-12(11)15/h1,4-7,10,15H,8-9H2,2H3,(H,16,17). The van der Waals surface area contributed by atoms with Crippen molar-refractivity contribution >= 4 is 5.97 Å². The van der Waals surface area contributed by atoms with Gasteiger partial charge in [-0.25, -0.2) is 0 Å². The van der Waals surface area contributed by atoms with Crippen molar-refractivity contribution in [2.75, 3.05) is 13.1 Å². The highest BCUT2D eigenvalue weighted by Crippen LogP contribution is 2.27. The van der Waals surface area contributed by atoms with E-state index in [4.69, 9.17) is 11.5 Å². The zero-order valence-corrected chi connectivity index (χ0v) is 9.63. The van der Waals surface area contributed by atoms with Crippen molar-refractivity contribution in [1.82, 2.24) is 4.90 Å². The maximum Gasteiger partial charge on any atom is 0.317 e. The maximum atomic E-state index is 10.7. The highest BCUT2D eigenvalue weighted by Gasteiger charge is 2.19. The molecule has 0 radical (unpaired) electrons.